The maximum Gasteiger partial charge on any atom is 0.265 e. The van der Waals surface area contributed by atoms with E-state index in [0.29, 0.717) is 0 Å². The Hall–Kier alpha value is -0.730. The topological polar surface area (TPSA) is 61.6 Å². The first-order valence-corrected chi connectivity index (χ1v) is 6.22. The summed E-state index contributed by atoms with van der Waals surface area (Å²) in [6.07, 6.45) is -0.502. The molecule has 0 N–H and O–H groups in total. The van der Waals surface area contributed by atoms with Gasteiger partial charge >= 0.3 is 0 Å². The number of rotatable bonds is 2. The van der Waals surface area contributed by atoms with Gasteiger partial charge in [-0.2, -0.15) is 0 Å². The zero-order valence-electron chi connectivity index (χ0n) is 9.26. The molecule has 17 heavy (non-hydrogen) atoms. The van der Waals surface area contributed by atoms with Gasteiger partial charge < -0.3 is 9.47 Å². The average molecular weight is 349 g/mol. The van der Waals surface area contributed by atoms with Crippen LogP contribution in [-0.2, 0) is 9.47 Å². The van der Waals surface area contributed by atoms with E-state index < -0.39 is 11.8 Å². The van der Waals surface area contributed by atoms with Crippen molar-refractivity contribution >= 4 is 22.6 Å². The molecule has 1 aromatic carbocycles. The Morgan fingerprint density at radius 1 is 1.47 bits per heavy atom. The fourth-order valence-corrected chi connectivity index (χ4v) is 2.12. The van der Waals surface area contributed by atoms with Crippen LogP contribution in [0.25, 0.3) is 0 Å². The van der Waals surface area contributed by atoms with Crippen LogP contribution in [0, 0.1) is 13.7 Å². The maximum atomic E-state index is 10.8. The van der Waals surface area contributed by atoms with Crippen molar-refractivity contribution < 1.29 is 14.4 Å². The largest absolute Gasteiger partial charge is 0.341 e. The molecule has 6 heteroatoms. The van der Waals surface area contributed by atoms with Gasteiger partial charge in [0.1, 0.15) is 13.2 Å². The number of hydrogen-bond donors (Lipinski definition) is 0. The van der Waals surface area contributed by atoms with Crippen LogP contribution < -0.4 is 0 Å². The van der Waals surface area contributed by atoms with Gasteiger partial charge in [0, 0.05) is 21.0 Å². The molecule has 0 spiro atoms. The normalized spacial score (nSPS) is 28.9. The molecular formula is C11H12INO4. The van der Waals surface area contributed by atoms with Gasteiger partial charge in [0.05, 0.1) is 0 Å². The molecule has 2 rings (SSSR count). The van der Waals surface area contributed by atoms with E-state index in [1.807, 2.05) is 24.3 Å². The van der Waals surface area contributed by atoms with Crippen LogP contribution >= 0.6 is 22.6 Å². The summed E-state index contributed by atoms with van der Waals surface area (Å²) >= 11 is 2.20. The van der Waals surface area contributed by atoms with Crippen LogP contribution in [0.2, 0.25) is 0 Å². The Morgan fingerprint density at radius 2 is 2.12 bits per heavy atom. The van der Waals surface area contributed by atoms with Crippen LogP contribution in [0.15, 0.2) is 24.3 Å². The molecular weight excluding hydrogens is 337 g/mol. The van der Waals surface area contributed by atoms with E-state index >= 15 is 0 Å². The number of nitrogens with zero attached hydrogens (tertiary/aromatic N) is 1. The molecule has 0 bridgehead atoms. The zero-order chi connectivity index (χ0) is 12.5. The Labute approximate surface area is 112 Å². The predicted octanol–water partition coefficient (Wildman–Crippen LogP) is 2.37. The van der Waals surface area contributed by atoms with Gasteiger partial charge in [-0.1, -0.05) is 12.1 Å². The lowest BCUT2D eigenvalue weighted by atomic mass is 10.1. The van der Waals surface area contributed by atoms with Crippen molar-refractivity contribution in [2.24, 2.45) is 0 Å². The van der Waals surface area contributed by atoms with Crippen molar-refractivity contribution in [1.82, 2.24) is 0 Å². The van der Waals surface area contributed by atoms with Crippen LogP contribution in [0.5, 0.6) is 0 Å². The van der Waals surface area contributed by atoms with Gasteiger partial charge in [0.2, 0.25) is 0 Å². The molecule has 0 amide bonds. The summed E-state index contributed by atoms with van der Waals surface area (Å²) in [5.41, 5.74) is -0.249. The Balaban J connectivity index is 2.07. The first kappa shape index (κ1) is 12.7. The SMILES string of the molecule is CC1([N+](=O)[O-])COC(c2cccc(I)c2)OC1. The maximum absolute atomic E-state index is 10.8. The summed E-state index contributed by atoms with van der Waals surface area (Å²) in [5, 5.41) is 10.8. The summed E-state index contributed by atoms with van der Waals surface area (Å²) in [6.45, 7) is 1.66. The van der Waals surface area contributed by atoms with Crippen LogP contribution in [-0.4, -0.2) is 23.7 Å². The smallest absolute Gasteiger partial charge is 0.265 e. The highest BCUT2D eigenvalue weighted by Gasteiger charge is 2.43. The molecule has 92 valence electrons. The fraction of sp³-hybridized carbons (Fsp3) is 0.455. The molecule has 1 saturated heterocycles. The van der Waals surface area contributed by atoms with Crippen molar-refractivity contribution in [2.45, 2.75) is 18.8 Å². The second kappa shape index (κ2) is 4.87. The molecule has 1 heterocycles. The minimum Gasteiger partial charge on any atom is -0.341 e. The van der Waals surface area contributed by atoms with Crippen molar-refractivity contribution in [2.75, 3.05) is 13.2 Å². The van der Waals surface area contributed by atoms with Crippen LogP contribution in [0.3, 0.4) is 0 Å². The molecule has 0 radical (unpaired) electrons. The van der Waals surface area contributed by atoms with Crippen LogP contribution in [0.4, 0.5) is 0 Å². The van der Waals surface area contributed by atoms with E-state index in [4.69, 9.17) is 9.47 Å². The summed E-state index contributed by atoms with van der Waals surface area (Å²) in [4.78, 5) is 10.5. The first-order valence-electron chi connectivity index (χ1n) is 5.14. The second-order valence-electron chi connectivity index (χ2n) is 4.26. The quantitative estimate of drug-likeness (QED) is 0.467. The molecule has 0 unspecified atom stereocenters. The highest BCUT2D eigenvalue weighted by Crippen LogP contribution is 2.28. The van der Waals surface area contributed by atoms with E-state index in [2.05, 4.69) is 22.6 Å². The number of hydrogen-bond acceptors (Lipinski definition) is 4. The third-order valence-corrected chi connectivity index (χ3v) is 3.32. The van der Waals surface area contributed by atoms with Crippen molar-refractivity contribution in [3.63, 3.8) is 0 Å². The van der Waals surface area contributed by atoms with E-state index in [-0.39, 0.29) is 18.1 Å². The van der Waals surface area contributed by atoms with Crippen molar-refractivity contribution in [3.8, 4) is 0 Å². The van der Waals surface area contributed by atoms with Gasteiger partial charge in [-0.25, -0.2) is 0 Å². The zero-order valence-corrected chi connectivity index (χ0v) is 11.4. The van der Waals surface area contributed by atoms with E-state index in [9.17, 15) is 10.1 Å². The molecule has 5 nitrogen and oxygen atoms in total. The highest BCUT2D eigenvalue weighted by molar-refractivity contribution is 14.1. The lowest BCUT2D eigenvalue weighted by molar-refractivity contribution is -0.587. The molecule has 1 fully saturated rings. The minimum absolute atomic E-state index is 0.0656. The molecule has 1 aromatic rings. The van der Waals surface area contributed by atoms with Gasteiger partial charge in [0.15, 0.2) is 6.29 Å². The lowest BCUT2D eigenvalue weighted by Gasteiger charge is -2.31. The van der Waals surface area contributed by atoms with Gasteiger partial charge in [0.25, 0.3) is 5.54 Å². The van der Waals surface area contributed by atoms with Gasteiger partial charge in [-0.3, -0.25) is 10.1 Å². The summed E-state index contributed by atoms with van der Waals surface area (Å²) in [7, 11) is 0. The predicted molar refractivity (Wildman–Crippen MR) is 69.2 cm³/mol. The number of benzene rings is 1. The number of halogens is 1. The van der Waals surface area contributed by atoms with Crippen LogP contribution in [0.1, 0.15) is 18.8 Å². The molecule has 0 atom stereocenters. The third kappa shape index (κ3) is 2.75. The average Bonchev–Trinajstić information content (AvgIpc) is 2.30. The van der Waals surface area contributed by atoms with Crippen molar-refractivity contribution in [3.05, 3.63) is 43.5 Å². The molecule has 0 aliphatic carbocycles. The number of nitro groups is 1. The first-order chi connectivity index (χ1) is 8.01. The second-order valence-corrected chi connectivity index (χ2v) is 5.51. The van der Waals surface area contributed by atoms with E-state index in [0.717, 1.165) is 9.13 Å². The number of ether oxygens (including phenoxy) is 2. The molecule has 1 aliphatic heterocycles. The standard InChI is InChI=1S/C11H12INO4/c1-11(13(14)15)6-16-10(17-7-11)8-3-2-4-9(12)5-8/h2-5,10H,6-7H2,1H3. The van der Waals surface area contributed by atoms with E-state index in [1.165, 1.54) is 6.92 Å². The lowest BCUT2D eigenvalue weighted by Crippen LogP contribution is -2.48. The summed E-state index contributed by atoms with van der Waals surface area (Å²) in [5.74, 6) is 0. The summed E-state index contributed by atoms with van der Waals surface area (Å²) < 4.78 is 11.9. The Bertz CT molecular complexity index is 429. The third-order valence-electron chi connectivity index (χ3n) is 2.65. The summed E-state index contributed by atoms with van der Waals surface area (Å²) in [6, 6.07) is 7.71. The molecule has 1 aliphatic rings. The molecule has 0 saturated carbocycles. The van der Waals surface area contributed by atoms with Crippen molar-refractivity contribution in [1.29, 1.82) is 0 Å². The van der Waals surface area contributed by atoms with Gasteiger partial charge in [-0.15, -0.1) is 0 Å². The van der Waals surface area contributed by atoms with E-state index in [1.54, 1.807) is 0 Å². The highest BCUT2D eigenvalue weighted by atomic mass is 127. The minimum atomic E-state index is -1.14. The van der Waals surface area contributed by atoms with Gasteiger partial charge in [-0.05, 0) is 34.7 Å². The fourth-order valence-electron chi connectivity index (χ4n) is 1.55. The monoisotopic (exact) mass is 349 g/mol. The Morgan fingerprint density at radius 3 is 2.65 bits per heavy atom. The molecule has 0 aromatic heterocycles. The Kier molecular flexibility index (Phi) is 3.64.